The molecule has 1 aliphatic heterocycles. The standard InChI is InChI=1S/C20H22N2O4S/c1-4-21(16-10-6-5-7-11-16)18(23)15-9-8-12-17(13-15)22-19(24)20(2,3)14-27(22,25)26/h5-13H,4,14H2,1-3H3. The molecule has 1 aliphatic rings. The van der Waals surface area contributed by atoms with Crippen LogP contribution in [0.15, 0.2) is 54.6 Å². The van der Waals surface area contributed by atoms with Gasteiger partial charge in [-0.15, -0.1) is 0 Å². The second kappa shape index (κ2) is 6.81. The molecule has 7 heteroatoms. The minimum Gasteiger partial charge on any atom is -0.309 e. The fourth-order valence-corrected chi connectivity index (χ4v) is 5.33. The van der Waals surface area contributed by atoms with E-state index < -0.39 is 21.3 Å². The van der Waals surface area contributed by atoms with Crippen molar-refractivity contribution in [3.8, 4) is 0 Å². The average Bonchev–Trinajstić information content (AvgIpc) is 2.79. The van der Waals surface area contributed by atoms with Crippen molar-refractivity contribution >= 4 is 33.2 Å². The van der Waals surface area contributed by atoms with Crippen molar-refractivity contribution in [2.45, 2.75) is 20.8 Å². The molecule has 2 amide bonds. The van der Waals surface area contributed by atoms with E-state index in [1.807, 2.05) is 37.3 Å². The predicted molar refractivity (Wildman–Crippen MR) is 105 cm³/mol. The van der Waals surface area contributed by atoms with Gasteiger partial charge in [0.25, 0.3) is 5.91 Å². The number of amides is 2. The van der Waals surface area contributed by atoms with E-state index in [0.717, 1.165) is 9.99 Å². The first-order valence-corrected chi connectivity index (χ1v) is 10.3. The van der Waals surface area contributed by atoms with Gasteiger partial charge in [0.2, 0.25) is 15.9 Å². The summed E-state index contributed by atoms with van der Waals surface area (Å²) in [5, 5.41) is 0. The number of carbonyl (C=O) groups excluding carboxylic acids is 2. The lowest BCUT2D eigenvalue weighted by atomic mass is 9.95. The van der Waals surface area contributed by atoms with Crippen molar-refractivity contribution in [3.05, 3.63) is 60.2 Å². The number of rotatable bonds is 4. The lowest BCUT2D eigenvalue weighted by Gasteiger charge is -2.22. The second-order valence-corrected chi connectivity index (χ2v) is 8.96. The van der Waals surface area contributed by atoms with Crippen molar-refractivity contribution in [2.24, 2.45) is 5.41 Å². The molecular formula is C20H22N2O4S. The molecule has 1 heterocycles. The highest BCUT2D eigenvalue weighted by Crippen LogP contribution is 2.36. The predicted octanol–water partition coefficient (Wildman–Crippen LogP) is 3.06. The van der Waals surface area contributed by atoms with Crippen LogP contribution in [0.1, 0.15) is 31.1 Å². The summed E-state index contributed by atoms with van der Waals surface area (Å²) in [6.45, 7) is 5.54. The Labute approximate surface area is 159 Å². The molecule has 0 radical (unpaired) electrons. The summed E-state index contributed by atoms with van der Waals surface area (Å²) in [5.74, 6) is -0.987. The summed E-state index contributed by atoms with van der Waals surface area (Å²) in [7, 11) is -3.76. The Balaban J connectivity index is 1.99. The van der Waals surface area contributed by atoms with E-state index in [9.17, 15) is 18.0 Å². The summed E-state index contributed by atoms with van der Waals surface area (Å²) >= 11 is 0. The minimum atomic E-state index is -3.76. The van der Waals surface area contributed by atoms with Crippen molar-refractivity contribution < 1.29 is 18.0 Å². The third-order valence-electron chi connectivity index (χ3n) is 4.54. The zero-order valence-corrected chi connectivity index (χ0v) is 16.4. The Hall–Kier alpha value is -2.67. The minimum absolute atomic E-state index is 0.195. The maximum absolute atomic E-state index is 13.0. The molecule has 142 valence electrons. The van der Waals surface area contributed by atoms with Crippen molar-refractivity contribution in [1.29, 1.82) is 0 Å². The van der Waals surface area contributed by atoms with E-state index in [1.165, 1.54) is 12.1 Å². The zero-order chi connectivity index (χ0) is 19.8. The van der Waals surface area contributed by atoms with Gasteiger partial charge in [0, 0.05) is 17.8 Å². The van der Waals surface area contributed by atoms with Crippen LogP contribution in [0, 0.1) is 5.41 Å². The summed E-state index contributed by atoms with van der Waals surface area (Å²) in [4.78, 5) is 27.2. The molecule has 2 aromatic rings. The Morgan fingerprint density at radius 3 is 2.33 bits per heavy atom. The lowest BCUT2D eigenvalue weighted by Crippen LogP contribution is -2.34. The number of sulfonamides is 1. The van der Waals surface area contributed by atoms with E-state index in [4.69, 9.17) is 0 Å². The number of hydrogen-bond donors (Lipinski definition) is 0. The van der Waals surface area contributed by atoms with Crippen LogP contribution in [0.4, 0.5) is 11.4 Å². The molecule has 0 aromatic heterocycles. The highest BCUT2D eigenvalue weighted by atomic mass is 32.2. The fourth-order valence-electron chi connectivity index (χ4n) is 3.23. The maximum atomic E-state index is 13.0. The molecule has 0 spiro atoms. The maximum Gasteiger partial charge on any atom is 0.258 e. The molecular weight excluding hydrogens is 364 g/mol. The second-order valence-electron chi connectivity index (χ2n) is 7.14. The van der Waals surface area contributed by atoms with Crippen LogP contribution in [0.5, 0.6) is 0 Å². The van der Waals surface area contributed by atoms with Gasteiger partial charge in [-0.2, -0.15) is 0 Å². The Bertz CT molecular complexity index is 984. The molecule has 0 aliphatic carbocycles. The van der Waals surface area contributed by atoms with Gasteiger partial charge >= 0.3 is 0 Å². The van der Waals surface area contributed by atoms with Crippen LogP contribution >= 0.6 is 0 Å². The van der Waals surface area contributed by atoms with Gasteiger partial charge in [-0.3, -0.25) is 9.59 Å². The molecule has 6 nitrogen and oxygen atoms in total. The summed E-state index contributed by atoms with van der Waals surface area (Å²) in [5.41, 5.74) is 0.283. The molecule has 0 atom stereocenters. The van der Waals surface area contributed by atoms with Crippen LogP contribution in [-0.2, 0) is 14.8 Å². The van der Waals surface area contributed by atoms with E-state index in [2.05, 4.69) is 0 Å². The zero-order valence-electron chi connectivity index (χ0n) is 15.5. The SMILES string of the molecule is CCN(C(=O)c1cccc(N2C(=O)C(C)(C)CS2(=O)=O)c1)c1ccccc1. The molecule has 0 saturated carbocycles. The molecule has 0 bridgehead atoms. The van der Waals surface area contributed by atoms with Gasteiger partial charge in [0.05, 0.1) is 16.9 Å². The smallest absolute Gasteiger partial charge is 0.258 e. The van der Waals surface area contributed by atoms with Gasteiger partial charge in [0.1, 0.15) is 0 Å². The number of hydrogen-bond acceptors (Lipinski definition) is 4. The van der Waals surface area contributed by atoms with Gasteiger partial charge < -0.3 is 4.90 Å². The largest absolute Gasteiger partial charge is 0.309 e. The number of carbonyl (C=O) groups is 2. The van der Waals surface area contributed by atoms with Crippen LogP contribution < -0.4 is 9.21 Å². The third-order valence-corrected chi connectivity index (χ3v) is 6.56. The first-order chi connectivity index (χ1) is 12.7. The van der Waals surface area contributed by atoms with E-state index in [1.54, 1.807) is 30.9 Å². The lowest BCUT2D eigenvalue weighted by molar-refractivity contribution is -0.123. The topological polar surface area (TPSA) is 74.8 Å². The molecule has 3 rings (SSSR count). The first-order valence-electron chi connectivity index (χ1n) is 8.72. The molecule has 2 aromatic carbocycles. The van der Waals surface area contributed by atoms with Crippen LogP contribution in [0.2, 0.25) is 0 Å². The van der Waals surface area contributed by atoms with Crippen LogP contribution in [0.3, 0.4) is 0 Å². The fraction of sp³-hybridized carbons (Fsp3) is 0.300. The van der Waals surface area contributed by atoms with Gasteiger partial charge in [-0.05, 0) is 51.1 Å². The van der Waals surface area contributed by atoms with Crippen LogP contribution in [-0.4, -0.2) is 32.5 Å². The molecule has 0 unspecified atom stereocenters. The Morgan fingerprint density at radius 2 is 1.78 bits per heavy atom. The molecule has 0 N–H and O–H groups in total. The van der Waals surface area contributed by atoms with Gasteiger partial charge in [-0.1, -0.05) is 24.3 Å². The number of nitrogens with zero attached hydrogens (tertiary/aromatic N) is 2. The normalized spacial score (nSPS) is 17.7. The number of benzene rings is 2. The average molecular weight is 386 g/mol. The highest BCUT2D eigenvalue weighted by molar-refractivity contribution is 7.94. The van der Waals surface area contributed by atoms with Crippen molar-refractivity contribution in [1.82, 2.24) is 0 Å². The van der Waals surface area contributed by atoms with E-state index >= 15 is 0 Å². The van der Waals surface area contributed by atoms with Gasteiger partial charge in [0.15, 0.2) is 0 Å². The molecule has 1 saturated heterocycles. The van der Waals surface area contributed by atoms with Crippen molar-refractivity contribution in [3.63, 3.8) is 0 Å². The molecule has 1 fully saturated rings. The summed E-state index contributed by atoms with van der Waals surface area (Å²) < 4.78 is 25.8. The highest BCUT2D eigenvalue weighted by Gasteiger charge is 2.50. The first kappa shape index (κ1) is 19.1. The molecule has 27 heavy (non-hydrogen) atoms. The van der Waals surface area contributed by atoms with Crippen LogP contribution in [0.25, 0.3) is 0 Å². The summed E-state index contributed by atoms with van der Waals surface area (Å²) in [6.07, 6.45) is 0. The van der Waals surface area contributed by atoms with E-state index in [0.29, 0.717) is 12.1 Å². The Kier molecular flexibility index (Phi) is 4.82. The summed E-state index contributed by atoms with van der Waals surface area (Å²) in [6, 6.07) is 15.4. The monoisotopic (exact) mass is 386 g/mol. The quantitative estimate of drug-likeness (QED) is 0.809. The number of anilines is 2. The number of para-hydroxylation sites is 1. The third kappa shape index (κ3) is 3.47. The van der Waals surface area contributed by atoms with Crippen molar-refractivity contribution in [2.75, 3.05) is 21.5 Å². The Morgan fingerprint density at radius 1 is 1.11 bits per heavy atom. The van der Waals surface area contributed by atoms with E-state index in [-0.39, 0.29) is 17.3 Å². The van der Waals surface area contributed by atoms with Gasteiger partial charge in [-0.25, -0.2) is 12.7 Å².